The van der Waals surface area contributed by atoms with Crippen LogP contribution in [0.25, 0.3) is 11.6 Å². The van der Waals surface area contributed by atoms with Gasteiger partial charge >= 0.3 is 12.1 Å². The maximum atomic E-state index is 13.2. The second-order valence-electron chi connectivity index (χ2n) is 6.85. The first kappa shape index (κ1) is 24.0. The molecule has 9 nitrogen and oxygen atoms in total. The number of esters is 1. The number of nitrogens with one attached hydrogen (secondary N) is 1. The fourth-order valence-electron chi connectivity index (χ4n) is 2.99. The molecule has 2 heterocycles. The summed E-state index contributed by atoms with van der Waals surface area (Å²) in [6.45, 7) is 3.42. The molecular formula is C20H17ClF3N5O4. The first-order chi connectivity index (χ1) is 15.5. The van der Waals surface area contributed by atoms with Gasteiger partial charge < -0.3 is 10.1 Å². The SMILES string of the molecule is CCOC(=O)/C=C/c1cc2c(N[C@H](C)c3cc([N+](=O)[O-])cc(C(F)(F)F)c3)nc(Cl)nn2c1. The largest absolute Gasteiger partial charge is 0.463 e. The summed E-state index contributed by atoms with van der Waals surface area (Å²) < 4.78 is 45.9. The lowest BCUT2D eigenvalue weighted by Crippen LogP contribution is -2.13. The number of anilines is 1. The minimum absolute atomic E-state index is 0.0263. The van der Waals surface area contributed by atoms with Gasteiger partial charge in [0.15, 0.2) is 5.82 Å². The molecule has 0 spiro atoms. The highest BCUT2D eigenvalue weighted by Gasteiger charge is 2.33. The van der Waals surface area contributed by atoms with E-state index in [1.54, 1.807) is 19.2 Å². The molecule has 3 rings (SSSR count). The molecular weight excluding hydrogens is 467 g/mol. The Bertz CT molecular complexity index is 1240. The lowest BCUT2D eigenvalue weighted by molar-refractivity contribution is -0.385. The van der Waals surface area contributed by atoms with Crippen LogP contribution in [0.2, 0.25) is 5.28 Å². The lowest BCUT2D eigenvalue weighted by atomic mass is 10.0. The first-order valence-electron chi connectivity index (χ1n) is 9.51. The Labute approximate surface area is 190 Å². The third-order valence-electron chi connectivity index (χ3n) is 4.49. The number of nitrogens with zero attached hydrogens (tertiary/aromatic N) is 4. The van der Waals surface area contributed by atoms with Gasteiger partial charge in [-0.1, -0.05) is 0 Å². The van der Waals surface area contributed by atoms with Crippen LogP contribution in [0.15, 0.2) is 36.5 Å². The molecule has 3 aromatic rings. The third-order valence-corrected chi connectivity index (χ3v) is 4.65. The van der Waals surface area contributed by atoms with Gasteiger partial charge in [0.2, 0.25) is 5.28 Å². The number of ether oxygens (including phenoxy) is 1. The second kappa shape index (κ2) is 9.45. The van der Waals surface area contributed by atoms with Gasteiger partial charge in [-0.2, -0.15) is 18.2 Å². The number of aromatic nitrogens is 3. The van der Waals surface area contributed by atoms with Crippen molar-refractivity contribution in [3.8, 4) is 0 Å². The molecule has 0 bridgehead atoms. The van der Waals surface area contributed by atoms with Crippen LogP contribution < -0.4 is 5.32 Å². The number of benzene rings is 1. The van der Waals surface area contributed by atoms with E-state index >= 15 is 0 Å². The maximum Gasteiger partial charge on any atom is 0.416 e. The Morgan fingerprint density at radius 2 is 2.09 bits per heavy atom. The molecule has 0 aliphatic carbocycles. The van der Waals surface area contributed by atoms with E-state index in [0.29, 0.717) is 17.1 Å². The highest BCUT2D eigenvalue weighted by molar-refractivity contribution is 6.28. The molecule has 33 heavy (non-hydrogen) atoms. The van der Waals surface area contributed by atoms with Gasteiger partial charge in [-0.05, 0) is 54.8 Å². The van der Waals surface area contributed by atoms with Crippen molar-refractivity contribution in [1.29, 1.82) is 0 Å². The Kier molecular flexibility index (Phi) is 6.86. The molecule has 0 amide bonds. The zero-order chi connectivity index (χ0) is 24.3. The number of non-ortho nitro benzene ring substituents is 1. The average molecular weight is 484 g/mol. The van der Waals surface area contributed by atoms with E-state index in [-0.39, 0.29) is 23.3 Å². The fourth-order valence-corrected chi connectivity index (χ4v) is 3.15. The summed E-state index contributed by atoms with van der Waals surface area (Å²) in [6, 6.07) is 3.17. The molecule has 0 saturated carbocycles. The van der Waals surface area contributed by atoms with Gasteiger partial charge in [-0.3, -0.25) is 10.1 Å². The number of fused-ring (bicyclic) bond motifs is 1. The van der Waals surface area contributed by atoms with Crippen LogP contribution in [0, 0.1) is 10.1 Å². The minimum atomic E-state index is -4.76. The van der Waals surface area contributed by atoms with Crippen LogP contribution in [0.1, 0.15) is 36.6 Å². The molecule has 0 radical (unpaired) electrons. The summed E-state index contributed by atoms with van der Waals surface area (Å²) in [5.74, 6) is -0.353. The molecule has 1 aromatic carbocycles. The number of hydrogen-bond acceptors (Lipinski definition) is 7. The van der Waals surface area contributed by atoms with Gasteiger partial charge in [-0.25, -0.2) is 9.31 Å². The van der Waals surface area contributed by atoms with E-state index in [4.69, 9.17) is 16.3 Å². The first-order valence-corrected chi connectivity index (χ1v) is 9.89. The van der Waals surface area contributed by atoms with Crippen molar-refractivity contribution in [1.82, 2.24) is 14.6 Å². The monoisotopic (exact) mass is 483 g/mol. The molecule has 0 saturated heterocycles. The van der Waals surface area contributed by atoms with Crippen LogP contribution >= 0.6 is 11.6 Å². The molecule has 1 atom stereocenters. The standard InChI is InChI=1S/C20H17ClF3N5O4/c1-3-33-17(30)5-4-12-6-16-18(26-19(21)27-28(16)10-12)25-11(2)13-7-14(20(22,23)24)9-15(8-13)29(31)32/h4-11H,3H2,1-2H3,(H,25,26,27)/b5-4+/t11-/m1/s1. The summed E-state index contributed by atoms with van der Waals surface area (Å²) in [5.41, 5.74) is -0.826. The minimum Gasteiger partial charge on any atom is -0.463 e. The molecule has 174 valence electrons. The van der Waals surface area contributed by atoms with Crippen LogP contribution in [-0.2, 0) is 15.7 Å². The molecule has 2 aromatic heterocycles. The Balaban J connectivity index is 1.96. The van der Waals surface area contributed by atoms with Crippen molar-refractivity contribution in [2.24, 2.45) is 0 Å². The number of halogens is 4. The number of nitro benzene ring substituents is 1. The smallest absolute Gasteiger partial charge is 0.416 e. The summed E-state index contributed by atoms with van der Waals surface area (Å²) in [4.78, 5) is 25.8. The molecule has 13 heteroatoms. The van der Waals surface area contributed by atoms with Gasteiger partial charge in [-0.15, -0.1) is 5.10 Å². The van der Waals surface area contributed by atoms with Gasteiger partial charge in [0.1, 0.15) is 5.52 Å². The summed E-state index contributed by atoms with van der Waals surface area (Å²) in [6.07, 6.45) is -0.480. The Hall–Kier alpha value is -3.67. The zero-order valence-corrected chi connectivity index (χ0v) is 18.0. The van der Waals surface area contributed by atoms with E-state index in [1.807, 2.05) is 0 Å². The highest BCUT2D eigenvalue weighted by Crippen LogP contribution is 2.35. The van der Waals surface area contributed by atoms with Crippen molar-refractivity contribution in [3.05, 3.63) is 68.6 Å². The molecule has 0 aliphatic rings. The van der Waals surface area contributed by atoms with Crippen molar-refractivity contribution in [2.45, 2.75) is 26.1 Å². The van der Waals surface area contributed by atoms with Gasteiger partial charge in [0.25, 0.3) is 5.69 Å². The summed E-state index contributed by atoms with van der Waals surface area (Å²) in [7, 11) is 0. The quantitative estimate of drug-likeness (QED) is 0.216. The molecule has 1 N–H and O–H groups in total. The number of hydrogen-bond donors (Lipinski definition) is 1. The highest BCUT2D eigenvalue weighted by atomic mass is 35.5. The van der Waals surface area contributed by atoms with Crippen molar-refractivity contribution >= 4 is 40.7 Å². The van der Waals surface area contributed by atoms with Crippen molar-refractivity contribution in [2.75, 3.05) is 11.9 Å². The van der Waals surface area contributed by atoms with Crippen LogP contribution in [0.4, 0.5) is 24.7 Å². The summed E-state index contributed by atoms with van der Waals surface area (Å²) >= 11 is 5.97. The normalized spacial score (nSPS) is 12.8. The fraction of sp³-hybridized carbons (Fsp3) is 0.250. The molecule has 0 aliphatic heterocycles. The second-order valence-corrected chi connectivity index (χ2v) is 7.19. The van der Waals surface area contributed by atoms with Gasteiger partial charge in [0, 0.05) is 24.4 Å². The number of rotatable bonds is 7. The maximum absolute atomic E-state index is 13.2. The predicted octanol–water partition coefficient (Wildman–Crippen LogP) is 5.06. The Morgan fingerprint density at radius 1 is 1.36 bits per heavy atom. The number of carbonyl (C=O) groups is 1. The van der Waals surface area contributed by atoms with E-state index in [0.717, 1.165) is 12.1 Å². The van der Waals surface area contributed by atoms with Crippen LogP contribution in [-0.4, -0.2) is 32.1 Å². The average Bonchev–Trinajstić information content (AvgIpc) is 3.14. The van der Waals surface area contributed by atoms with Crippen LogP contribution in [0.3, 0.4) is 0 Å². The number of alkyl halides is 3. The van der Waals surface area contributed by atoms with Crippen molar-refractivity contribution in [3.63, 3.8) is 0 Å². The van der Waals surface area contributed by atoms with E-state index in [2.05, 4.69) is 15.4 Å². The van der Waals surface area contributed by atoms with E-state index in [9.17, 15) is 28.1 Å². The van der Waals surface area contributed by atoms with E-state index < -0.39 is 34.4 Å². The molecule has 0 unspecified atom stereocenters. The number of carbonyl (C=O) groups excluding carboxylic acids is 1. The predicted molar refractivity (Wildman–Crippen MR) is 114 cm³/mol. The number of nitro groups is 1. The Morgan fingerprint density at radius 3 is 2.73 bits per heavy atom. The molecule has 0 fully saturated rings. The van der Waals surface area contributed by atoms with Crippen molar-refractivity contribution < 1.29 is 27.6 Å². The van der Waals surface area contributed by atoms with E-state index in [1.165, 1.54) is 23.6 Å². The lowest BCUT2D eigenvalue weighted by Gasteiger charge is -2.17. The third kappa shape index (κ3) is 5.77. The summed E-state index contributed by atoms with van der Waals surface area (Å²) in [5, 5.41) is 17.9. The topological polar surface area (TPSA) is 112 Å². The van der Waals surface area contributed by atoms with Crippen LogP contribution in [0.5, 0.6) is 0 Å². The van der Waals surface area contributed by atoms with Gasteiger partial charge in [0.05, 0.1) is 23.1 Å². The zero-order valence-electron chi connectivity index (χ0n) is 17.3.